The van der Waals surface area contributed by atoms with Gasteiger partial charge in [-0.05, 0) is 12.8 Å². The van der Waals surface area contributed by atoms with Crippen LogP contribution >= 0.6 is 0 Å². The third-order valence-electron chi connectivity index (χ3n) is 3.11. The fourth-order valence-electron chi connectivity index (χ4n) is 2.12. The summed E-state index contributed by atoms with van der Waals surface area (Å²) in [6.45, 7) is 6.15. The van der Waals surface area contributed by atoms with E-state index in [1.54, 1.807) is 6.08 Å². The maximum Gasteiger partial charge on any atom is 0.215 e. The quantitative estimate of drug-likeness (QED) is 0.709. The molecule has 0 radical (unpaired) electrons. The average molecular weight is 258 g/mol. The molecule has 0 unspecified atom stereocenters. The molecule has 0 spiro atoms. The van der Waals surface area contributed by atoms with Crippen molar-refractivity contribution in [3.8, 4) is 11.3 Å². The maximum absolute atomic E-state index is 14.3. The molecule has 2 aromatic rings. The number of hydrogen-bond donors (Lipinski definition) is 0. The van der Waals surface area contributed by atoms with Gasteiger partial charge in [-0.3, -0.25) is 0 Å². The highest BCUT2D eigenvalue weighted by molar-refractivity contribution is 5.62. The van der Waals surface area contributed by atoms with E-state index in [0.29, 0.717) is 6.54 Å². The van der Waals surface area contributed by atoms with Crippen LogP contribution in [0.3, 0.4) is 0 Å². The Morgan fingerprint density at radius 3 is 2.68 bits per heavy atom. The van der Waals surface area contributed by atoms with Crippen LogP contribution in [0, 0.1) is 5.95 Å². The van der Waals surface area contributed by atoms with Crippen LogP contribution in [0.5, 0.6) is 0 Å². The second-order valence-corrected chi connectivity index (χ2v) is 4.56. The first-order valence-electron chi connectivity index (χ1n) is 6.69. The van der Waals surface area contributed by atoms with Gasteiger partial charge in [0.05, 0.1) is 12.2 Å². The van der Waals surface area contributed by atoms with E-state index in [2.05, 4.69) is 18.6 Å². The predicted molar refractivity (Wildman–Crippen MR) is 76.4 cm³/mol. The van der Waals surface area contributed by atoms with Crippen LogP contribution in [0.1, 0.15) is 25.3 Å². The standard InChI is InChI=1S/C16H19FN2/c1-3-5-11-14-15(13-9-7-6-8-10-13)18-19(12-4-2)16(14)17/h4,6-10H,2-3,5,11-12H2,1H3. The minimum atomic E-state index is -0.229. The van der Waals surface area contributed by atoms with Crippen LogP contribution in [0.2, 0.25) is 0 Å². The Morgan fingerprint density at radius 1 is 1.32 bits per heavy atom. The number of benzene rings is 1. The molecule has 0 saturated heterocycles. The van der Waals surface area contributed by atoms with E-state index >= 15 is 0 Å². The SMILES string of the molecule is C=CCn1nc(-c2ccccc2)c(CCCC)c1F. The van der Waals surface area contributed by atoms with Crippen molar-refractivity contribution in [2.45, 2.75) is 32.7 Å². The Labute approximate surface area is 113 Å². The second kappa shape index (κ2) is 6.32. The third-order valence-corrected chi connectivity index (χ3v) is 3.11. The van der Waals surface area contributed by atoms with Gasteiger partial charge in [-0.2, -0.15) is 9.49 Å². The van der Waals surface area contributed by atoms with E-state index in [-0.39, 0.29) is 5.95 Å². The van der Waals surface area contributed by atoms with Crippen LogP contribution in [0.4, 0.5) is 4.39 Å². The number of rotatable bonds is 6. The Balaban J connectivity index is 2.45. The van der Waals surface area contributed by atoms with Gasteiger partial charge >= 0.3 is 0 Å². The molecule has 0 amide bonds. The highest BCUT2D eigenvalue weighted by Crippen LogP contribution is 2.26. The van der Waals surface area contributed by atoms with Gasteiger partial charge in [0, 0.05) is 11.1 Å². The zero-order valence-electron chi connectivity index (χ0n) is 11.3. The molecule has 0 atom stereocenters. The fourth-order valence-corrected chi connectivity index (χ4v) is 2.12. The van der Waals surface area contributed by atoms with Gasteiger partial charge in [0.25, 0.3) is 0 Å². The molecule has 0 aliphatic heterocycles. The van der Waals surface area contributed by atoms with Gasteiger partial charge in [0.1, 0.15) is 0 Å². The number of hydrogen-bond acceptors (Lipinski definition) is 1. The molecule has 3 heteroatoms. The van der Waals surface area contributed by atoms with Crippen molar-refractivity contribution < 1.29 is 4.39 Å². The van der Waals surface area contributed by atoms with Gasteiger partial charge in [0.15, 0.2) is 0 Å². The summed E-state index contributed by atoms with van der Waals surface area (Å²) < 4.78 is 15.7. The van der Waals surface area contributed by atoms with Crippen LogP contribution in [0.25, 0.3) is 11.3 Å². The lowest BCUT2D eigenvalue weighted by Crippen LogP contribution is -2.01. The molecular weight excluding hydrogens is 239 g/mol. The van der Waals surface area contributed by atoms with Gasteiger partial charge < -0.3 is 0 Å². The van der Waals surface area contributed by atoms with Crippen molar-refractivity contribution in [2.75, 3.05) is 0 Å². The van der Waals surface area contributed by atoms with Crippen LogP contribution < -0.4 is 0 Å². The highest BCUT2D eigenvalue weighted by Gasteiger charge is 2.17. The molecule has 0 aliphatic carbocycles. The summed E-state index contributed by atoms with van der Waals surface area (Å²) in [6.07, 6.45) is 4.40. The number of unbranched alkanes of at least 4 members (excludes halogenated alkanes) is 1. The summed E-state index contributed by atoms with van der Waals surface area (Å²) in [7, 11) is 0. The lowest BCUT2D eigenvalue weighted by molar-refractivity contribution is 0.476. The summed E-state index contributed by atoms with van der Waals surface area (Å²) in [4.78, 5) is 0. The Morgan fingerprint density at radius 2 is 2.05 bits per heavy atom. The molecule has 100 valence electrons. The largest absolute Gasteiger partial charge is 0.235 e. The molecule has 0 N–H and O–H groups in total. The van der Waals surface area contributed by atoms with E-state index in [4.69, 9.17) is 0 Å². The normalized spacial score (nSPS) is 10.6. The molecule has 2 nitrogen and oxygen atoms in total. The Bertz CT molecular complexity index is 543. The first-order chi connectivity index (χ1) is 9.27. The molecule has 1 aromatic heterocycles. The first kappa shape index (κ1) is 13.5. The van der Waals surface area contributed by atoms with Gasteiger partial charge in [-0.1, -0.05) is 49.8 Å². The number of halogens is 1. The summed E-state index contributed by atoms with van der Waals surface area (Å²) in [5, 5.41) is 4.39. The third kappa shape index (κ3) is 2.92. The Hall–Kier alpha value is -1.90. The highest BCUT2D eigenvalue weighted by atomic mass is 19.1. The monoisotopic (exact) mass is 258 g/mol. The zero-order valence-corrected chi connectivity index (χ0v) is 11.3. The van der Waals surface area contributed by atoms with Crippen molar-refractivity contribution in [1.29, 1.82) is 0 Å². The zero-order chi connectivity index (χ0) is 13.7. The summed E-state index contributed by atoms with van der Waals surface area (Å²) in [5.41, 5.74) is 2.44. The molecule has 0 aliphatic rings. The number of aromatic nitrogens is 2. The van der Waals surface area contributed by atoms with E-state index in [9.17, 15) is 4.39 Å². The molecule has 1 aromatic carbocycles. The van der Waals surface area contributed by atoms with Gasteiger partial charge in [0.2, 0.25) is 5.95 Å². The average Bonchev–Trinajstić information content (AvgIpc) is 2.75. The van der Waals surface area contributed by atoms with Crippen molar-refractivity contribution in [2.24, 2.45) is 0 Å². The van der Waals surface area contributed by atoms with Crippen molar-refractivity contribution >= 4 is 0 Å². The van der Waals surface area contributed by atoms with Crippen molar-refractivity contribution in [3.05, 3.63) is 54.5 Å². The molecule has 0 bridgehead atoms. The molecule has 19 heavy (non-hydrogen) atoms. The molecule has 2 rings (SSSR count). The summed E-state index contributed by atoms with van der Waals surface area (Å²) >= 11 is 0. The smallest absolute Gasteiger partial charge is 0.215 e. The lowest BCUT2D eigenvalue weighted by atomic mass is 10.0. The van der Waals surface area contributed by atoms with Crippen LogP contribution in [-0.4, -0.2) is 9.78 Å². The van der Waals surface area contributed by atoms with E-state index in [0.717, 1.165) is 36.1 Å². The van der Waals surface area contributed by atoms with E-state index in [1.165, 1.54) is 4.68 Å². The first-order valence-corrected chi connectivity index (χ1v) is 6.69. The van der Waals surface area contributed by atoms with Gasteiger partial charge in [-0.15, -0.1) is 6.58 Å². The van der Waals surface area contributed by atoms with Crippen LogP contribution in [0.15, 0.2) is 43.0 Å². The van der Waals surface area contributed by atoms with Crippen molar-refractivity contribution in [1.82, 2.24) is 9.78 Å². The number of nitrogens with zero attached hydrogens (tertiary/aromatic N) is 2. The summed E-state index contributed by atoms with van der Waals surface area (Å²) in [5.74, 6) is -0.229. The summed E-state index contributed by atoms with van der Waals surface area (Å²) in [6, 6.07) is 9.78. The van der Waals surface area contributed by atoms with Gasteiger partial charge in [-0.25, -0.2) is 4.68 Å². The number of allylic oxidation sites excluding steroid dienone is 1. The fraction of sp³-hybridized carbons (Fsp3) is 0.312. The molecule has 0 saturated carbocycles. The topological polar surface area (TPSA) is 17.8 Å². The molecular formula is C16H19FN2. The minimum absolute atomic E-state index is 0.229. The lowest BCUT2D eigenvalue weighted by Gasteiger charge is -2.01. The van der Waals surface area contributed by atoms with Crippen molar-refractivity contribution in [3.63, 3.8) is 0 Å². The minimum Gasteiger partial charge on any atom is -0.235 e. The predicted octanol–water partition coefficient (Wildman–Crippen LogP) is 4.22. The molecule has 0 fully saturated rings. The van der Waals surface area contributed by atoms with E-state index < -0.39 is 0 Å². The maximum atomic E-state index is 14.3. The van der Waals surface area contributed by atoms with E-state index in [1.807, 2.05) is 30.3 Å². The van der Waals surface area contributed by atoms with Crippen LogP contribution in [-0.2, 0) is 13.0 Å². The molecule has 1 heterocycles. The second-order valence-electron chi connectivity index (χ2n) is 4.56. The Kier molecular flexibility index (Phi) is 4.50.